The number of nitrogens with zero attached hydrogens (tertiary/aromatic N) is 1. The van der Waals surface area contributed by atoms with Gasteiger partial charge in [0.2, 0.25) is 0 Å². The molecular formula is C17H18N3OS+. The summed E-state index contributed by atoms with van der Waals surface area (Å²) in [6.45, 7) is 2.71. The molecule has 0 atom stereocenters. The van der Waals surface area contributed by atoms with E-state index in [1.165, 1.54) is 5.56 Å². The molecule has 0 bridgehead atoms. The summed E-state index contributed by atoms with van der Waals surface area (Å²) in [5.41, 5.74) is 3.36. The third-order valence-electron chi connectivity index (χ3n) is 3.62. The van der Waals surface area contributed by atoms with Crippen LogP contribution >= 0.6 is 12.2 Å². The van der Waals surface area contributed by atoms with Crippen LogP contribution in [0.25, 0.3) is 0 Å². The third-order valence-corrected chi connectivity index (χ3v) is 3.94. The predicted octanol–water partition coefficient (Wildman–Crippen LogP) is 1.18. The van der Waals surface area contributed by atoms with Crippen LogP contribution in [0.3, 0.4) is 0 Å². The van der Waals surface area contributed by atoms with Crippen LogP contribution in [0.1, 0.15) is 11.1 Å². The molecule has 0 spiro atoms. The summed E-state index contributed by atoms with van der Waals surface area (Å²) in [4.78, 5) is 5.40. The van der Waals surface area contributed by atoms with Crippen molar-refractivity contribution in [1.82, 2.24) is 5.32 Å². The number of hydrogen-bond acceptors (Lipinski definition) is 2. The van der Waals surface area contributed by atoms with E-state index in [4.69, 9.17) is 17.0 Å². The number of thiocarbonyl (C=S) groups is 1. The number of nitrogens with one attached hydrogen (secondary N) is 2. The Bertz CT molecular complexity index is 708. The molecule has 1 heterocycles. The maximum absolute atomic E-state index is 5.50. The number of anilines is 1. The summed E-state index contributed by atoms with van der Waals surface area (Å²) < 4.78 is 5.18. The fraction of sp³-hybridized carbons (Fsp3) is 0.176. The first-order chi connectivity index (χ1) is 10.7. The molecule has 0 aliphatic carbocycles. The molecule has 5 heteroatoms. The van der Waals surface area contributed by atoms with Crippen molar-refractivity contribution in [2.24, 2.45) is 0 Å². The molecule has 1 aliphatic rings. The minimum atomic E-state index is 0.635. The molecule has 0 fully saturated rings. The first-order valence-corrected chi connectivity index (χ1v) is 7.48. The van der Waals surface area contributed by atoms with Crippen LogP contribution in [0.5, 0.6) is 5.75 Å². The highest BCUT2D eigenvalue weighted by atomic mass is 32.1. The van der Waals surface area contributed by atoms with E-state index < -0.39 is 0 Å². The predicted molar refractivity (Wildman–Crippen MR) is 92.3 cm³/mol. The Labute approximate surface area is 135 Å². The molecule has 2 aromatic carbocycles. The van der Waals surface area contributed by atoms with E-state index in [9.17, 15) is 0 Å². The summed E-state index contributed by atoms with van der Waals surface area (Å²) in [7, 11) is 1.66. The van der Waals surface area contributed by atoms with E-state index in [0.717, 1.165) is 22.8 Å². The van der Waals surface area contributed by atoms with Gasteiger partial charge in [-0.2, -0.15) is 0 Å². The SMILES string of the molecule is COc1ccc(C2=[NH+]CN(c3ccc(C)cc3)C(=S)N2)cc1. The number of rotatable bonds is 3. The first-order valence-electron chi connectivity index (χ1n) is 7.08. The van der Waals surface area contributed by atoms with Gasteiger partial charge in [0.25, 0.3) is 10.9 Å². The van der Waals surface area contributed by atoms with Crippen molar-refractivity contribution >= 4 is 28.9 Å². The molecule has 0 amide bonds. The molecule has 0 radical (unpaired) electrons. The molecule has 1 aliphatic heterocycles. The van der Waals surface area contributed by atoms with E-state index in [2.05, 4.69) is 41.5 Å². The van der Waals surface area contributed by atoms with E-state index in [0.29, 0.717) is 11.8 Å². The Morgan fingerprint density at radius 2 is 1.77 bits per heavy atom. The molecule has 0 saturated carbocycles. The quantitative estimate of drug-likeness (QED) is 0.835. The maximum atomic E-state index is 5.50. The van der Waals surface area contributed by atoms with Gasteiger partial charge in [-0.15, -0.1) is 0 Å². The number of methoxy groups -OCH3 is 1. The van der Waals surface area contributed by atoms with Crippen molar-refractivity contribution in [3.8, 4) is 5.75 Å². The van der Waals surface area contributed by atoms with Gasteiger partial charge in [-0.05, 0) is 55.5 Å². The summed E-state index contributed by atoms with van der Waals surface area (Å²) in [5, 5.41) is 3.94. The van der Waals surface area contributed by atoms with Crippen molar-refractivity contribution in [3.05, 3.63) is 59.7 Å². The van der Waals surface area contributed by atoms with Gasteiger partial charge in [-0.3, -0.25) is 9.89 Å². The van der Waals surface area contributed by atoms with Crippen LogP contribution in [0, 0.1) is 6.92 Å². The monoisotopic (exact) mass is 312 g/mol. The Balaban J connectivity index is 1.80. The topological polar surface area (TPSA) is 38.5 Å². The van der Waals surface area contributed by atoms with Gasteiger partial charge in [0.1, 0.15) is 5.75 Å². The van der Waals surface area contributed by atoms with Gasteiger partial charge in [0, 0.05) is 5.69 Å². The van der Waals surface area contributed by atoms with Gasteiger partial charge in [0.15, 0.2) is 6.67 Å². The van der Waals surface area contributed by atoms with Crippen molar-refractivity contribution < 1.29 is 9.73 Å². The smallest absolute Gasteiger partial charge is 0.283 e. The summed E-state index contributed by atoms with van der Waals surface area (Å²) >= 11 is 5.50. The van der Waals surface area contributed by atoms with Crippen molar-refractivity contribution in [2.75, 3.05) is 18.7 Å². The van der Waals surface area contributed by atoms with Gasteiger partial charge in [0.05, 0.1) is 12.7 Å². The highest BCUT2D eigenvalue weighted by molar-refractivity contribution is 7.80. The maximum Gasteiger partial charge on any atom is 0.283 e. The average Bonchev–Trinajstić information content (AvgIpc) is 2.56. The second-order valence-corrected chi connectivity index (χ2v) is 5.52. The normalized spacial score (nSPS) is 14.4. The number of amidine groups is 1. The van der Waals surface area contributed by atoms with Gasteiger partial charge < -0.3 is 4.74 Å². The first kappa shape index (κ1) is 14.5. The van der Waals surface area contributed by atoms with Crippen molar-refractivity contribution in [1.29, 1.82) is 0 Å². The van der Waals surface area contributed by atoms with E-state index in [1.807, 2.05) is 29.2 Å². The fourth-order valence-electron chi connectivity index (χ4n) is 2.31. The minimum Gasteiger partial charge on any atom is -0.497 e. The number of benzene rings is 2. The van der Waals surface area contributed by atoms with Crippen molar-refractivity contribution in [2.45, 2.75) is 6.92 Å². The lowest BCUT2D eigenvalue weighted by Crippen LogP contribution is -2.85. The fourth-order valence-corrected chi connectivity index (χ4v) is 2.59. The summed E-state index contributed by atoms with van der Waals surface area (Å²) in [5.74, 6) is 1.75. The van der Waals surface area contributed by atoms with E-state index in [-0.39, 0.29) is 0 Å². The molecular weight excluding hydrogens is 294 g/mol. The molecule has 0 unspecified atom stereocenters. The molecule has 22 heavy (non-hydrogen) atoms. The molecule has 3 rings (SSSR count). The third kappa shape index (κ3) is 2.94. The van der Waals surface area contributed by atoms with E-state index >= 15 is 0 Å². The molecule has 112 valence electrons. The Morgan fingerprint density at radius 1 is 1.09 bits per heavy atom. The van der Waals surface area contributed by atoms with Crippen LogP contribution in [0.2, 0.25) is 0 Å². The highest BCUT2D eigenvalue weighted by Crippen LogP contribution is 2.15. The summed E-state index contributed by atoms with van der Waals surface area (Å²) in [6, 6.07) is 16.2. The number of hydrogen-bond donors (Lipinski definition) is 2. The van der Waals surface area contributed by atoms with E-state index in [1.54, 1.807) is 7.11 Å². The lowest BCUT2D eigenvalue weighted by molar-refractivity contribution is -0.457. The summed E-state index contributed by atoms with van der Waals surface area (Å²) in [6.07, 6.45) is 0. The van der Waals surface area contributed by atoms with Crippen LogP contribution in [-0.2, 0) is 0 Å². The zero-order valence-corrected chi connectivity index (χ0v) is 13.4. The molecule has 0 saturated heterocycles. The lowest BCUT2D eigenvalue weighted by atomic mass is 10.2. The number of aryl methyl sites for hydroxylation is 1. The van der Waals surface area contributed by atoms with Gasteiger partial charge in [-0.1, -0.05) is 17.7 Å². The average molecular weight is 312 g/mol. The largest absolute Gasteiger partial charge is 0.497 e. The zero-order valence-electron chi connectivity index (χ0n) is 12.6. The number of ether oxygens (including phenoxy) is 1. The molecule has 2 aromatic rings. The van der Waals surface area contributed by atoms with Crippen LogP contribution in [-0.4, -0.2) is 24.7 Å². The standard InChI is InChI=1S/C17H17N3OS/c1-12-3-7-14(8-4-12)20-11-18-16(19-17(20)22)13-5-9-15(21-2)10-6-13/h3-10H,11H2,1-2H3,(H,18,19,22)/p+1. The highest BCUT2D eigenvalue weighted by Gasteiger charge is 2.25. The van der Waals surface area contributed by atoms with Gasteiger partial charge in [-0.25, -0.2) is 5.32 Å². The van der Waals surface area contributed by atoms with Gasteiger partial charge >= 0.3 is 0 Å². The zero-order chi connectivity index (χ0) is 15.5. The minimum absolute atomic E-state index is 0.635. The van der Waals surface area contributed by atoms with Crippen LogP contribution in [0.4, 0.5) is 5.69 Å². The Morgan fingerprint density at radius 3 is 2.36 bits per heavy atom. The second-order valence-electron chi connectivity index (χ2n) is 5.13. The van der Waals surface area contributed by atoms with Crippen LogP contribution < -0.4 is 19.9 Å². The van der Waals surface area contributed by atoms with Crippen LogP contribution in [0.15, 0.2) is 48.5 Å². The molecule has 4 nitrogen and oxygen atoms in total. The Kier molecular flexibility index (Phi) is 4.06. The second kappa shape index (κ2) is 6.15. The molecule has 0 aromatic heterocycles. The molecule has 2 N–H and O–H groups in total. The van der Waals surface area contributed by atoms with Crippen molar-refractivity contribution in [3.63, 3.8) is 0 Å². The Hall–Kier alpha value is -2.40. The lowest BCUT2D eigenvalue weighted by Gasteiger charge is -2.24.